The molecular formula is C19H24N4O. The number of rotatable bonds is 3. The van der Waals surface area contributed by atoms with Gasteiger partial charge in [-0.1, -0.05) is 24.3 Å². The largest absolute Gasteiger partial charge is 0.353 e. The van der Waals surface area contributed by atoms with Crippen molar-refractivity contribution in [3.8, 4) is 0 Å². The van der Waals surface area contributed by atoms with Crippen LogP contribution >= 0.6 is 0 Å². The SMILES string of the molecule is Cc1nnc(N2CCCC(N(C)C(=O)C3CC3)C2)c2ccccc12. The normalized spacial score (nSPS) is 21.1. The maximum atomic E-state index is 12.4. The Bertz CT molecular complexity index is 771. The number of piperidine rings is 1. The van der Waals surface area contributed by atoms with Gasteiger partial charge in [0, 0.05) is 42.9 Å². The monoisotopic (exact) mass is 324 g/mol. The molecule has 1 saturated heterocycles. The maximum Gasteiger partial charge on any atom is 0.225 e. The van der Waals surface area contributed by atoms with E-state index < -0.39 is 0 Å². The van der Waals surface area contributed by atoms with Gasteiger partial charge in [0.05, 0.1) is 5.69 Å². The molecule has 2 aromatic rings. The van der Waals surface area contributed by atoms with Crippen molar-refractivity contribution in [1.29, 1.82) is 0 Å². The van der Waals surface area contributed by atoms with E-state index in [4.69, 9.17) is 0 Å². The fourth-order valence-electron chi connectivity index (χ4n) is 3.72. The number of aryl methyl sites for hydroxylation is 1. The third-order valence-electron chi connectivity index (χ3n) is 5.37. The van der Waals surface area contributed by atoms with Gasteiger partial charge in [0.1, 0.15) is 0 Å². The topological polar surface area (TPSA) is 49.3 Å². The predicted molar refractivity (Wildman–Crippen MR) is 95.0 cm³/mol. The molecule has 1 atom stereocenters. The smallest absolute Gasteiger partial charge is 0.225 e. The van der Waals surface area contributed by atoms with Crippen molar-refractivity contribution in [2.24, 2.45) is 5.92 Å². The number of benzene rings is 1. The number of aromatic nitrogens is 2. The lowest BCUT2D eigenvalue weighted by Crippen LogP contribution is -2.49. The Balaban J connectivity index is 1.60. The van der Waals surface area contributed by atoms with Crippen molar-refractivity contribution in [3.05, 3.63) is 30.0 Å². The molecule has 0 spiro atoms. The number of likely N-dealkylation sites (N-methyl/N-ethyl adjacent to an activating group) is 1. The Kier molecular flexibility index (Phi) is 3.87. The molecule has 0 N–H and O–H groups in total. The van der Waals surface area contributed by atoms with Gasteiger partial charge in [-0.3, -0.25) is 4.79 Å². The number of carbonyl (C=O) groups is 1. The van der Waals surface area contributed by atoms with Gasteiger partial charge < -0.3 is 9.80 Å². The van der Waals surface area contributed by atoms with E-state index in [1.807, 2.05) is 24.9 Å². The summed E-state index contributed by atoms with van der Waals surface area (Å²) in [4.78, 5) is 16.7. The molecule has 126 valence electrons. The second kappa shape index (κ2) is 6.04. The zero-order valence-corrected chi connectivity index (χ0v) is 14.4. The van der Waals surface area contributed by atoms with Gasteiger partial charge in [0.15, 0.2) is 5.82 Å². The third-order valence-corrected chi connectivity index (χ3v) is 5.37. The zero-order chi connectivity index (χ0) is 16.7. The Morgan fingerprint density at radius 1 is 1.17 bits per heavy atom. The van der Waals surface area contributed by atoms with Crippen LogP contribution < -0.4 is 4.90 Å². The van der Waals surface area contributed by atoms with Crippen LogP contribution in [0.15, 0.2) is 24.3 Å². The predicted octanol–water partition coefficient (Wildman–Crippen LogP) is 2.78. The summed E-state index contributed by atoms with van der Waals surface area (Å²) in [6.45, 7) is 3.82. The lowest BCUT2D eigenvalue weighted by atomic mass is 10.0. The molecular weight excluding hydrogens is 300 g/mol. The average Bonchev–Trinajstić information content (AvgIpc) is 3.46. The van der Waals surface area contributed by atoms with Crippen molar-refractivity contribution in [2.75, 3.05) is 25.0 Å². The summed E-state index contributed by atoms with van der Waals surface area (Å²) in [6.07, 6.45) is 4.28. The van der Waals surface area contributed by atoms with Gasteiger partial charge in [-0.15, -0.1) is 5.10 Å². The van der Waals surface area contributed by atoms with E-state index in [2.05, 4.69) is 33.3 Å². The minimum absolute atomic E-state index is 0.272. The highest BCUT2D eigenvalue weighted by Crippen LogP contribution is 2.33. The van der Waals surface area contributed by atoms with Crippen LogP contribution in [0, 0.1) is 12.8 Å². The third kappa shape index (κ3) is 2.72. The van der Waals surface area contributed by atoms with E-state index in [0.29, 0.717) is 5.91 Å². The molecule has 1 aromatic carbocycles. The molecule has 1 amide bonds. The van der Waals surface area contributed by atoms with E-state index in [0.717, 1.165) is 61.1 Å². The highest BCUT2D eigenvalue weighted by Gasteiger charge is 2.36. The second-order valence-corrected chi connectivity index (χ2v) is 7.12. The van der Waals surface area contributed by atoms with Crippen molar-refractivity contribution >= 4 is 22.5 Å². The number of hydrogen-bond acceptors (Lipinski definition) is 4. The minimum Gasteiger partial charge on any atom is -0.353 e. The number of amides is 1. The lowest BCUT2D eigenvalue weighted by molar-refractivity contribution is -0.133. The number of fused-ring (bicyclic) bond motifs is 1. The summed E-state index contributed by atoms with van der Waals surface area (Å²) in [5.74, 6) is 1.56. The summed E-state index contributed by atoms with van der Waals surface area (Å²) < 4.78 is 0. The molecule has 2 heterocycles. The molecule has 0 radical (unpaired) electrons. The van der Waals surface area contributed by atoms with Crippen molar-refractivity contribution < 1.29 is 4.79 Å². The zero-order valence-electron chi connectivity index (χ0n) is 14.4. The summed E-state index contributed by atoms with van der Waals surface area (Å²) >= 11 is 0. The fraction of sp³-hybridized carbons (Fsp3) is 0.526. The van der Waals surface area contributed by atoms with Gasteiger partial charge in [0.2, 0.25) is 5.91 Å². The Morgan fingerprint density at radius 3 is 2.67 bits per heavy atom. The van der Waals surface area contributed by atoms with Crippen LogP contribution in [0.25, 0.3) is 10.8 Å². The highest BCUT2D eigenvalue weighted by molar-refractivity contribution is 5.93. The van der Waals surface area contributed by atoms with Gasteiger partial charge in [0.25, 0.3) is 0 Å². The van der Waals surface area contributed by atoms with E-state index in [9.17, 15) is 4.79 Å². The quantitative estimate of drug-likeness (QED) is 0.871. The molecule has 24 heavy (non-hydrogen) atoms. The van der Waals surface area contributed by atoms with E-state index in [1.54, 1.807) is 0 Å². The Labute approximate surface area is 142 Å². The molecule has 5 heteroatoms. The molecule has 5 nitrogen and oxygen atoms in total. The van der Waals surface area contributed by atoms with Crippen LogP contribution in [0.2, 0.25) is 0 Å². The summed E-state index contributed by atoms with van der Waals surface area (Å²) in [5.41, 5.74) is 0.962. The lowest BCUT2D eigenvalue weighted by Gasteiger charge is -2.38. The first-order valence-electron chi connectivity index (χ1n) is 8.89. The molecule has 4 rings (SSSR count). The molecule has 1 saturated carbocycles. The first kappa shape index (κ1) is 15.4. The van der Waals surface area contributed by atoms with Crippen LogP contribution in [0.3, 0.4) is 0 Å². The van der Waals surface area contributed by atoms with Gasteiger partial charge in [-0.2, -0.15) is 5.10 Å². The maximum absolute atomic E-state index is 12.4. The Hall–Kier alpha value is -2.17. The molecule has 0 bridgehead atoms. The summed E-state index contributed by atoms with van der Waals surface area (Å²) in [5, 5.41) is 11.2. The summed E-state index contributed by atoms with van der Waals surface area (Å²) in [7, 11) is 1.97. The Morgan fingerprint density at radius 2 is 1.92 bits per heavy atom. The number of carbonyl (C=O) groups excluding carboxylic acids is 1. The van der Waals surface area contributed by atoms with Crippen LogP contribution in [0.5, 0.6) is 0 Å². The second-order valence-electron chi connectivity index (χ2n) is 7.12. The first-order valence-corrected chi connectivity index (χ1v) is 8.89. The first-order chi connectivity index (χ1) is 11.6. The van der Waals surface area contributed by atoms with Crippen molar-refractivity contribution in [2.45, 2.75) is 38.6 Å². The highest BCUT2D eigenvalue weighted by atomic mass is 16.2. The molecule has 1 unspecified atom stereocenters. The van der Waals surface area contributed by atoms with Crippen molar-refractivity contribution in [1.82, 2.24) is 15.1 Å². The minimum atomic E-state index is 0.272. The number of anilines is 1. The van der Waals surface area contributed by atoms with Crippen LogP contribution in [-0.4, -0.2) is 47.2 Å². The van der Waals surface area contributed by atoms with Crippen molar-refractivity contribution in [3.63, 3.8) is 0 Å². The molecule has 2 fully saturated rings. The standard InChI is InChI=1S/C19H24N4O/c1-13-16-7-3-4-8-17(16)18(21-20-13)23-11-5-6-15(12-23)22(2)19(24)14-9-10-14/h3-4,7-8,14-15H,5-6,9-12H2,1-2H3. The van der Waals surface area contributed by atoms with Gasteiger partial charge >= 0.3 is 0 Å². The van der Waals surface area contributed by atoms with Crippen LogP contribution in [0.1, 0.15) is 31.4 Å². The number of nitrogens with zero attached hydrogens (tertiary/aromatic N) is 4. The van der Waals surface area contributed by atoms with Crippen LogP contribution in [0.4, 0.5) is 5.82 Å². The van der Waals surface area contributed by atoms with Crippen LogP contribution in [-0.2, 0) is 4.79 Å². The molecule has 1 aliphatic heterocycles. The van der Waals surface area contributed by atoms with E-state index in [-0.39, 0.29) is 12.0 Å². The fourth-order valence-corrected chi connectivity index (χ4v) is 3.72. The average molecular weight is 324 g/mol. The summed E-state index contributed by atoms with van der Waals surface area (Å²) in [6, 6.07) is 8.59. The van der Waals surface area contributed by atoms with Gasteiger partial charge in [-0.05, 0) is 32.6 Å². The van der Waals surface area contributed by atoms with Gasteiger partial charge in [-0.25, -0.2) is 0 Å². The molecule has 1 aromatic heterocycles. The molecule has 2 aliphatic rings. The van der Waals surface area contributed by atoms with E-state index in [1.165, 1.54) is 0 Å². The molecule has 1 aliphatic carbocycles. The number of hydrogen-bond donors (Lipinski definition) is 0. The van der Waals surface area contributed by atoms with E-state index >= 15 is 0 Å².